The van der Waals surface area contributed by atoms with E-state index in [4.69, 9.17) is 15.9 Å². The lowest BCUT2D eigenvalue weighted by Crippen LogP contribution is -2.31. The first-order chi connectivity index (χ1) is 13.1. The van der Waals surface area contributed by atoms with Gasteiger partial charge in [0.25, 0.3) is 5.24 Å². The van der Waals surface area contributed by atoms with Gasteiger partial charge in [-0.25, -0.2) is 0 Å². The van der Waals surface area contributed by atoms with Crippen LogP contribution in [0.4, 0.5) is 4.79 Å². The first kappa shape index (κ1) is 18.9. The van der Waals surface area contributed by atoms with E-state index in [9.17, 15) is 9.59 Å². The van der Waals surface area contributed by atoms with Crippen molar-refractivity contribution >= 4 is 22.9 Å². The van der Waals surface area contributed by atoms with Crippen molar-refractivity contribution in [2.75, 3.05) is 13.7 Å². The molecule has 0 spiro atoms. The zero-order valence-electron chi connectivity index (χ0n) is 14.9. The minimum absolute atomic E-state index is 0.148. The lowest BCUT2D eigenvalue weighted by Gasteiger charge is -2.14. The van der Waals surface area contributed by atoms with Gasteiger partial charge in [-0.05, 0) is 29.7 Å². The van der Waals surface area contributed by atoms with Gasteiger partial charge in [0.1, 0.15) is 6.61 Å². The topological polar surface area (TPSA) is 55.8 Å². The largest absolute Gasteiger partial charge is 0.493 e. The molecule has 5 nitrogen and oxygen atoms in total. The van der Waals surface area contributed by atoms with Crippen LogP contribution in [0.25, 0.3) is 0 Å². The molecule has 2 aromatic carbocycles. The van der Waals surface area contributed by atoms with Gasteiger partial charge in [-0.2, -0.15) is 0 Å². The smallest absolute Gasteiger partial charge is 0.289 e. The molecule has 27 heavy (non-hydrogen) atoms. The summed E-state index contributed by atoms with van der Waals surface area (Å²) >= 11 is 1.07. The molecule has 0 unspecified atom stereocenters. The fraction of sp³-hybridized carbons (Fsp3) is 0.238. The number of benzene rings is 2. The average molecular weight is 381 g/mol. The first-order valence-electron chi connectivity index (χ1n) is 8.41. The Hall–Kier alpha value is -2.91. The minimum atomic E-state index is -0.441. The van der Waals surface area contributed by atoms with Crippen LogP contribution in [-0.4, -0.2) is 35.0 Å². The summed E-state index contributed by atoms with van der Waals surface area (Å²) in [6, 6.07) is 14.9. The van der Waals surface area contributed by atoms with Gasteiger partial charge < -0.3 is 9.47 Å². The fourth-order valence-corrected chi connectivity index (χ4v) is 3.86. The van der Waals surface area contributed by atoms with Crippen LogP contribution in [0.1, 0.15) is 11.1 Å². The molecule has 0 radical (unpaired) electrons. The molecule has 1 aliphatic rings. The van der Waals surface area contributed by atoms with Gasteiger partial charge in [0.15, 0.2) is 11.5 Å². The van der Waals surface area contributed by atoms with E-state index in [1.807, 2.05) is 42.5 Å². The molecular weight excluding hydrogens is 362 g/mol. The zero-order valence-corrected chi connectivity index (χ0v) is 15.7. The lowest BCUT2D eigenvalue weighted by molar-refractivity contribution is -0.127. The molecule has 1 atom stereocenters. The number of nitrogens with zero attached hydrogens (tertiary/aromatic N) is 1. The summed E-state index contributed by atoms with van der Waals surface area (Å²) in [5.74, 6) is 3.34. The molecular formula is C21H19NO4S. The molecule has 1 heterocycles. The number of terminal acetylenes is 1. The summed E-state index contributed by atoms with van der Waals surface area (Å²) < 4.78 is 10.8. The summed E-state index contributed by atoms with van der Waals surface area (Å²) in [4.78, 5) is 26.3. The first-order valence-corrected chi connectivity index (χ1v) is 9.29. The molecule has 6 heteroatoms. The van der Waals surface area contributed by atoms with Crippen molar-refractivity contribution in [2.45, 2.75) is 18.2 Å². The molecule has 0 aliphatic carbocycles. The van der Waals surface area contributed by atoms with Crippen LogP contribution in [0, 0.1) is 12.3 Å². The van der Waals surface area contributed by atoms with Crippen LogP contribution < -0.4 is 9.47 Å². The van der Waals surface area contributed by atoms with Crippen LogP contribution in [0.5, 0.6) is 11.5 Å². The predicted molar refractivity (Wildman–Crippen MR) is 105 cm³/mol. The third kappa shape index (κ3) is 4.44. The van der Waals surface area contributed by atoms with E-state index in [1.165, 1.54) is 4.90 Å². The van der Waals surface area contributed by atoms with Gasteiger partial charge in [-0.15, -0.1) is 6.42 Å². The highest BCUT2D eigenvalue weighted by atomic mass is 32.2. The SMILES string of the molecule is C#CCOc1ccc(C[C@@H]2SC(=O)N(Cc3ccccc3)C2=O)cc1OC. The molecule has 3 rings (SSSR count). The summed E-state index contributed by atoms with van der Waals surface area (Å²) in [5, 5.41) is -0.654. The number of thioether (sulfide) groups is 1. The number of carbonyl (C=O) groups is 2. The number of hydrogen-bond acceptors (Lipinski definition) is 5. The third-order valence-electron chi connectivity index (χ3n) is 4.15. The zero-order chi connectivity index (χ0) is 19.2. The van der Waals surface area contributed by atoms with E-state index >= 15 is 0 Å². The Kier molecular flexibility index (Phi) is 6.05. The molecule has 0 saturated carbocycles. The van der Waals surface area contributed by atoms with Crippen LogP contribution in [0.3, 0.4) is 0 Å². The lowest BCUT2D eigenvalue weighted by atomic mass is 10.1. The standard InChI is InChI=1S/C21H19NO4S/c1-3-11-26-17-10-9-16(12-18(17)25-2)13-19-20(23)22(21(24)27-19)14-15-7-5-4-6-8-15/h1,4-10,12,19H,11,13-14H2,2H3/t19-/m0/s1. The summed E-state index contributed by atoms with van der Waals surface area (Å²) in [6.07, 6.45) is 5.65. The van der Waals surface area contributed by atoms with Crippen molar-refractivity contribution in [3.05, 3.63) is 59.7 Å². The normalized spacial score (nSPS) is 16.3. The van der Waals surface area contributed by atoms with Gasteiger partial charge >= 0.3 is 0 Å². The Bertz CT molecular complexity index is 875. The van der Waals surface area contributed by atoms with Crippen LogP contribution in [-0.2, 0) is 17.8 Å². The van der Waals surface area contributed by atoms with Gasteiger partial charge in [-0.1, -0.05) is 54.1 Å². The number of amides is 2. The Balaban J connectivity index is 1.70. The van der Waals surface area contributed by atoms with Crippen LogP contribution in [0.15, 0.2) is 48.5 Å². The fourth-order valence-electron chi connectivity index (χ4n) is 2.83. The number of methoxy groups -OCH3 is 1. The molecule has 2 aromatic rings. The highest BCUT2D eigenvalue weighted by molar-refractivity contribution is 8.15. The van der Waals surface area contributed by atoms with Crippen molar-refractivity contribution in [1.29, 1.82) is 0 Å². The highest BCUT2D eigenvalue weighted by Crippen LogP contribution is 2.33. The van der Waals surface area contributed by atoms with Gasteiger partial charge in [0.05, 0.1) is 18.9 Å². The third-order valence-corrected chi connectivity index (χ3v) is 5.22. The Labute approximate surface area is 162 Å². The van der Waals surface area contributed by atoms with E-state index in [0.717, 1.165) is 22.9 Å². The van der Waals surface area contributed by atoms with Crippen molar-refractivity contribution in [1.82, 2.24) is 4.90 Å². The van der Waals surface area contributed by atoms with Crippen molar-refractivity contribution < 1.29 is 19.1 Å². The summed E-state index contributed by atoms with van der Waals surface area (Å²) in [6.45, 7) is 0.444. The average Bonchev–Trinajstić information content (AvgIpc) is 2.95. The number of ether oxygens (including phenoxy) is 2. The van der Waals surface area contributed by atoms with Gasteiger partial charge in [0.2, 0.25) is 5.91 Å². The number of rotatable bonds is 7. The molecule has 0 bridgehead atoms. The number of carbonyl (C=O) groups excluding carboxylic acids is 2. The Morgan fingerprint density at radius 2 is 1.89 bits per heavy atom. The maximum absolute atomic E-state index is 12.7. The highest BCUT2D eigenvalue weighted by Gasteiger charge is 2.39. The second-order valence-corrected chi connectivity index (χ2v) is 7.12. The summed E-state index contributed by atoms with van der Waals surface area (Å²) in [7, 11) is 1.54. The van der Waals surface area contributed by atoms with Crippen LogP contribution >= 0.6 is 11.8 Å². The number of hydrogen-bond donors (Lipinski definition) is 0. The molecule has 0 N–H and O–H groups in total. The molecule has 2 amide bonds. The van der Waals surface area contributed by atoms with E-state index in [0.29, 0.717) is 24.5 Å². The molecule has 1 saturated heterocycles. The Morgan fingerprint density at radius 1 is 1.11 bits per heavy atom. The second kappa shape index (κ2) is 8.65. The monoisotopic (exact) mass is 381 g/mol. The van der Waals surface area contributed by atoms with Crippen molar-refractivity contribution in [3.63, 3.8) is 0 Å². The minimum Gasteiger partial charge on any atom is -0.493 e. The predicted octanol–water partition coefficient (Wildman–Crippen LogP) is 3.51. The van der Waals surface area contributed by atoms with E-state index in [2.05, 4.69) is 5.92 Å². The quantitative estimate of drug-likeness (QED) is 0.687. The van der Waals surface area contributed by atoms with Gasteiger partial charge in [-0.3, -0.25) is 14.5 Å². The Morgan fingerprint density at radius 3 is 2.59 bits per heavy atom. The maximum Gasteiger partial charge on any atom is 0.289 e. The molecule has 138 valence electrons. The molecule has 0 aromatic heterocycles. The van der Waals surface area contributed by atoms with Crippen molar-refractivity contribution in [2.24, 2.45) is 0 Å². The summed E-state index contributed by atoms with van der Waals surface area (Å²) in [5.41, 5.74) is 1.82. The number of imide groups is 1. The van der Waals surface area contributed by atoms with Crippen molar-refractivity contribution in [3.8, 4) is 23.8 Å². The van der Waals surface area contributed by atoms with E-state index < -0.39 is 5.25 Å². The van der Waals surface area contributed by atoms with Crippen LogP contribution in [0.2, 0.25) is 0 Å². The molecule has 1 fully saturated rings. The van der Waals surface area contributed by atoms with Gasteiger partial charge in [0, 0.05) is 0 Å². The second-order valence-electron chi connectivity index (χ2n) is 5.96. The van der Waals surface area contributed by atoms with E-state index in [-0.39, 0.29) is 17.8 Å². The molecule has 1 aliphatic heterocycles. The van der Waals surface area contributed by atoms with E-state index in [1.54, 1.807) is 13.2 Å². The maximum atomic E-state index is 12.7.